The van der Waals surface area contributed by atoms with Crippen molar-refractivity contribution in [3.63, 3.8) is 0 Å². The lowest BCUT2D eigenvalue weighted by Gasteiger charge is -2.15. The van der Waals surface area contributed by atoms with E-state index in [9.17, 15) is 0 Å². The maximum absolute atomic E-state index is 3.88. The standard InChI is InChI=1S/C10H19N/c1-4-10(9-5-6-9)11-7-8(2)3/h9-11H,2,4-7H2,1,3H3. The Hall–Kier alpha value is -0.300. The molecule has 0 aliphatic heterocycles. The number of hydrogen-bond donors (Lipinski definition) is 1. The second kappa shape index (κ2) is 3.91. The molecule has 1 fully saturated rings. The largest absolute Gasteiger partial charge is 0.310 e. The Labute approximate surface area is 69.9 Å². The lowest BCUT2D eigenvalue weighted by Crippen LogP contribution is -2.31. The molecule has 1 atom stereocenters. The van der Waals surface area contributed by atoms with Gasteiger partial charge in [0.2, 0.25) is 0 Å². The third-order valence-electron chi connectivity index (χ3n) is 2.30. The van der Waals surface area contributed by atoms with Crippen molar-refractivity contribution in [1.82, 2.24) is 5.32 Å². The molecule has 0 heterocycles. The fourth-order valence-corrected chi connectivity index (χ4v) is 1.45. The normalized spacial score (nSPS) is 19.8. The first-order valence-corrected chi connectivity index (χ1v) is 4.61. The summed E-state index contributed by atoms with van der Waals surface area (Å²) in [5, 5.41) is 3.53. The van der Waals surface area contributed by atoms with Crippen molar-refractivity contribution in [3.05, 3.63) is 12.2 Å². The molecule has 0 bridgehead atoms. The Morgan fingerprint density at radius 2 is 2.27 bits per heavy atom. The molecule has 0 aromatic carbocycles. The van der Waals surface area contributed by atoms with Gasteiger partial charge in [-0.05, 0) is 32.1 Å². The summed E-state index contributed by atoms with van der Waals surface area (Å²) < 4.78 is 0. The Balaban J connectivity index is 2.15. The molecule has 1 N–H and O–H groups in total. The molecule has 1 rings (SSSR count). The van der Waals surface area contributed by atoms with E-state index in [0.717, 1.165) is 18.5 Å². The molecule has 1 aliphatic carbocycles. The zero-order chi connectivity index (χ0) is 8.27. The summed E-state index contributed by atoms with van der Waals surface area (Å²) in [5.74, 6) is 0.972. The topological polar surface area (TPSA) is 12.0 Å². The van der Waals surface area contributed by atoms with Gasteiger partial charge in [0, 0.05) is 12.6 Å². The van der Waals surface area contributed by atoms with Gasteiger partial charge in [0.05, 0.1) is 0 Å². The maximum atomic E-state index is 3.88. The van der Waals surface area contributed by atoms with Crippen LogP contribution in [0.15, 0.2) is 12.2 Å². The van der Waals surface area contributed by atoms with Gasteiger partial charge in [-0.15, -0.1) is 0 Å². The van der Waals surface area contributed by atoms with E-state index >= 15 is 0 Å². The molecule has 0 aromatic rings. The molecule has 1 aliphatic rings. The van der Waals surface area contributed by atoms with Gasteiger partial charge in [-0.3, -0.25) is 0 Å². The van der Waals surface area contributed by atoms with Crippen molar-refractivity contribution in [2.45, 2.75) is 39.2 Å². The van der Waals surface area contributed by atoms with E-state index < -0.39 is 0 Å². The lowest BCUT2D eigenvalue weighted by atomic mass is 10.1. The molecule has 1 nitrogen and oxygen atoms in total. The predicted octanol–water partition coefficient (Wildman–Crippen LogP) is 2.34. The van der Waals surface area contributed by atoms with Crippen LogP contribution >= 0.6 is 0 Å². The van der Waals surface area contributed by atoms with Crippen LogP contribution in [0.1, 0.15) is 33.1 Å². The quantitative estimate of drug-likeness (QED) is 0.598. The molecule has 1 saturated carbocycles. The summed E-state index contributed by atoms with van der Waals surface area (Å²) in [5.41, 5.74) is 1.24. The SMILES string of the molecule is C=C(C)CNC(CC)C1CC1. The summed E-state index contributed by atoms with van der Waals surface area (Å²) in [4.78, 5) is 0. The molecule has 64 valence electrons. The molecule has 0 radical (unpaired) electrons. The molecule has 11 heavy (non-hydrogen) atoms. The molecule has 0 spiro atoms. The first kappa shape index (κ1) is 8.79. The van der Waals surface area contributed by atoms with Gasteiger partial charge in [0.25, 0.3) is 0 Å². The van der Waals surface area contributed by atoms with Crippen molar-refractivity contribution in [2.75, 3.05) is 6.54 Å². The highest BCUT2D eigenvalue weighted by Crippen LogP contribution is 2.33. The van der Waals surface area contributed by atoms with Gasteiger partial charge in [-0.1, -0.05) is 19.1 Å². The van der Waals surface area contributed by atoms with E-state index in [1.807, 2.05) is 0 Å². The molecular formula is C10H19N. The molecule has 1 heteroatoms. The van der Waals surface area contributed by atoms with E-state index in [1.165, 1.54) is 24.8 Å². The summed E-state index contributed by atoms with van der Waals surface area (Å²) in [6.07, 6.45) is 4.13. The monoisotopic (exact) mass is 153 g/mol. The summed E-state index contributed by atoms with van der Waals surface area (Å²) >= 11 is 0. The highest BCUT2D eigenvalue weighted by molar-refractivity contribution is 4.94. The molecule has 1 unspecified atom stereocenters. The van der Waals surface area contributed by atoms with Crippen LogP contribution in [0, 0.1) is 5.92 Å². The van der Waals surface area contributed by atoms with Crippen LogP contribution in [0.5, 0.6) is 0 Å². The van der Waals surface area contributed by atoms with E-state index in [0.29, 0.717) is 0 Å². The smallest absolute Gasteiger partial charge is 0.0161 e. The van der Waals surface area contributed by atoms with Gasteiger partial charge in [0.15, 0.2) is 0 Å². The van der Waals surface area contributed by atoms with Crippen LogP contribution in [0.2, 0.25) is 0 Å². The summed E-state index contributed by atoms with van der Waals surface area (Å²) in [6.45, 7) is 9.21. The van der Waals surface area contributed by atoms with E-state index in [-0.39, 0.29) is 0 Å². The van der Waals surface area contributed by atoms with Crippen LogP contribution in [0.25, 0.3) is 0 Å². The van der Waals surface area contributed by atoms with Gasteiger partial charge in [0.1, 0.15) is 0 Å². The van der Waals surface area contributed by atoms with E-state index in [1.54, 1.807) is 0 Å². The average Bonchev–Trinajstić information content (AvgIpc) is 2.72. The Kier molecular flexibility index (Phi) is 3.13. The van der Waals surface area contributed by atoms with Gasteiger partial charge < -0.3 is 5.32 Å². The minimum atomic E-state index is 0.756. The van der Waals surface area contributed by atoms with Crippen molar-refractivity contribution < 1.29 is 0 Å². The first-order valence-electron chi connectivity index (χ1n) is 4.61. The first-order chi connectivity index (χ1) is 5.24. The average molecular weight is 153 g/mol. The maximum Gasteiger partial charge on any atom is 0.0161 e. The van der Waals surface area contributed by atoms with Crippen LogP contribution in [0.4, 0.5) is 0 Å². The van der Waals surface area contributed by atoms with E-state index in [4.69, 9.17) is 0 Å². The Bertz CT molecular complexity index is 136. The zero-order valence-corrected chi connectivity index (χ0v) is 7.69. The van der Waals surface area contributed by atoms with Crippen molar-refractivity contribution >= 4 is 0 Å². The number of rotatable bonds is 5. The molecular weight excluding hydrogens is 134 g/mol. The van der Waals surface area contributed by atoms with Crippen LogP contribution < -0.4 is 5.32 Å². The fraction of sp³-hybridized carbons (Fsp3) is 0.800. The van der Waals surface area contributed by atoms with Crippen LogP contribution in [0.3, 0.4) is 0 Å². The zero-order valence-electron chi connectivity index (χ0n) is 7.69. The van der Waals surface area contributed by atoms with Crippen LogP contribution in [-0.2, 0) is 0 Å². The second-order valence-electron chi connectivity index (χ2n) is 3.69. The van der Waals surface area contributed by atoms with Crippen LogP contribution in [-0.4, -0.2) is 12.6 Å². The lowest BCUT2D eigenvalue weighted by molar-refractivity contribution is 0.467. The minimum absolute atomic E-state index is 0.756. The van der Waals surface area contributed by atoms with Gasteiger partial charge in [-0.25, -0.2) is 0 Å². The second-order valence-corrected chi connectivity index (χ2v) is 3.69. The molecule has 0 amide bonds. The Morgan fingerprint density at radius 1 is 1.64 bits per heavy atom. The number of hydrogen-bond acceptors (Lipinski definition) is 1. The van der Waals surface area contributed by atoms with Crippen molar-refractivity contribution in [1.29, 1.82) is 0 Å². The molecule has 0 saturated heterocycles. The predicted molar refractivity (Wildman–Crippen MR) is 49.6 cm³/mol. The number of nitrogens with one attached hydrogen (secondary N) is 1. The van der Waals surface area contributed by atoms with Crippen molar-refractivity contribution in [3.8, 4) is 0 Å². The minimum Gasteiger partial charge on any atom is -0.310 e. The highest BCUT2D eigenvalue weighted by atomic mass is 14.9. The highest BCUT2D eigenvalue weighted by Gasteiger charge is 2.29. The third-order valence-corrected chi connectivity index (χ3v) is 2.30. The van der Waals surface area contributed by atoms with Gasteiger partial charge >= 0.3 is 0 Å². The summed E-state index contributed by atoms with van der Waals surface area (Å²) in [6, 6.07) is 0.756. The van der Waals surface area contributed by atoms with E-state index in [2.05, 4.69) is 25.7 Å². The molecule has 0 aromatic heterocycles. The van der Waals surface area contributed by atoms with Crippen molar-refractivity contribution in [2.24, 2.45) is 5.92 Å². The van der Waals surface area contributed by atoms with Gasteiger partial charge in [-0.2, -0.15) is 0 Å². The fourth-order valence-electron chi connectivity index (χ4n) is 1.45. The third kappa shape index (κ3) is 3.06. The summed E-state index contributed by atoms with van der Waals surface area (Å²) in [7, 11) is 0. The Morgan fingerprint density at radius 3 is 2.64 bits per heavy atom.